The molecule has 9 aromatic rings. The molecule has 0 saturated heterocycles. The van der Waals surface area contributed by atoms with Crippen LogP contribution in [0.1, 0.15) is 159 Å². The number of hydrogen-bond donors (Lipinski definition) is 6. The predicted octanol–water partition coefficient (Wildman–Crippen LogP) is 14.2. The van der Waals surface area contributed by atoms with Gasteiger partial charge in [-0.2, -0.15) is 0 Å². The van der Waals surface area contributed by atoms with Crippen LogP contribution in [0.4, 0.5) is 0 Å². The smallest absolute Gasteiger partial charge is 0.311 e. The summed E-state index contributed by atoms with van der Waals surface area (Å²) in [6.07, 6.45) is 15.8. The highest BCUT2D eigenvalue weighted by Gasteiger charge is 2.27. The van der Waals surface area contributed by atoms with Crippen LogP contribution >= 0.6 is 23.2 Å². The van der Waals surface area contributed by atoms with Crippen molar-refractivity contribution in [3.8, 4) is 0 Å². The Hall–Kier alpha value is -8.84. The average Bonchev–Trinajstić information content (AvgIpc) is 2.40. The van der Waals surface area contributed by atoms with Gasteiger partial charge in [0.1, 0.15) is 0 Å². The molecule has 6 N–H and O–H groups in total. The summed E-state index contributed by atoms with van der Waals surface area (Å²) < 4.78 is 0. The molecule has 0 radical (unpaired) electrons. The summed E-state index contributed by atoms with van der Waals surface area (Å²) in [4.78, 5) is 89.5. The van der Waals surface area contributed by atoms with Gasteiger partial charge in [-0.3, -0.25) is 29.3 Å². The first-order valence-electron chi connectivity index (χ1n) is 29.5. The Labute approximate surface area is 508 Å². The van der Waals surface area contributed by atoms with Gasteiger partial charge in [-0.15, -0.1) is 0 Å². The van der Waals surface area contributed by atoms with Crippen molar-refractivity contribution in [2.45, 2.75) is 116 Å². The fourth-order valence-electron chi connectivity index (χ4n) is 12.1. The van der Waals surface area contributed by atoms with Crippen LogP contribution in [-0.2, 0) is 19.3 Å². The van der Waals surface area contributed by atoms with E-state index in [1.807, 2.05) is 123 Å². The highest BCUT2D eigenvalue weighted by molar-refractivity contribution is 6.33. The maximum absolute atomic E-state index is 12.6. The van der Waals surface area contributed by atoms with E-state index >= 15 is 0 Å². The Balaban J connectivity index is 0.000000143. The third kappa shape index (κ3) is 15.0. The summed E-state index contributed by atoms with van der Waals surface area (Å²) >= 11 is 12.9. The van der Waals surface area contributed by atoms with Crippen LogP contribution in [-0.4, -0.2) is 29.9 Å². The fraction of sp³-hybridized carbons (Fsp3) is 0.250. The van der Waals surface area contributed by atoms with E-state index in [4.69, 9.17) is 23.2 Å². The van der Waals surface area contributed by atoms with Crippen molar-refractivity contribution in [2.24, 2.45) is 0 Å². The zero-order chi connectivity index (χ0) is 60.3. The number of nitrogens with one attached hydrogen (secondary N) is 6. The molecule has 6 aromatic carbocycles. The molecule has 3 atom stereocenters. The number of aromatic nitrogens is 6. The lowest BCUT2D eigenvalue weighted by Gasteiger charge is -2.24. The van der Waals surface area contributed by atoms with E-state index in [0.29, 0.717) is 36.0 Å². The minimum atomic E-state index is -0.446. The molecule has 0 saturated carbocycles. The molecule has 0 fully saturated rings. The van der Waals surface area contributed by atoms with Gasteiger partial charge in [-0.25, -0.2) is 14.4 Å². The Bertz CT molecular complexity index is 4340. The zero-order valence-electron chi connectivity index (χ0n) is 48.6. The standard InChI is InChI=1S/2C24H23ClN2O2.C24H24N2O2/c1-15-6-5-9-19(21(15)25)17-10-12-18(13-11-17)22-20(23(28)27-24(29)26-22)14-16-7-3-2-4-8-16;1-15-7-12-19(21(25)13-15)17-8-10-18(11-9-17)22-20(23(28)27-24(29)26-22)14-16-5-3-2-4-6-16;1-16-7-9-18(10-8-16)19-11-13-20(14-12-19)22-21(23(27)26-24(28)25-22)15-17-5-3-2-4-6-17/h2-10,18H,11-14H2,1H3,(H2,26,27,28,29);2-8,12-13,18H,9-11,14H2,1H3,(H2,26,27,28,29);2-11,20H,12-15H2,1H3,(H2,25,26,27,28). The summed E-state index contributed by atoms with van der Waals surface area (Å²) in [7, 11) is 0. The van der Waals surface area contributed by atoms with Crippen molar-refractivity contribution in [3.63, 3.8) is 0 Å². The second-order valence-corrected chi connectivity index (χ2v) is 23.6. The SMILES string of the molecule is Cc1ccc(C2=CCC(c3[nH]c(=O)[nH]c(=O)c3Cc3ccccc3)CC2)c(Cl)c1.Cc1ccc(C2=CCC(c3[nH]c(=O)[nH]c(=O)c3Cc3ccccc3)CC2)cc1.Cc1cccc(C2=CCC(c3[nH]c(=O)[nH]c(=O)c3Cc3ccccc3)CC2)c1Cl. The second-order valence-electron chi connectivity index (χ2n) is 22.8. The first-order chi connectivity index (χ1) is 41.6. The van der Waals surface area contributed by atoms with Crippen molar-refractivity contribution in [3.05, 3.63) is 326 Å². The molecule has 0 aliphatic heterocycles. The van der Waals surface area contributed by atoms with Gasteiger partial charge in [0.15, 0.2) is 0 Å². The topological polar surface area (TPSA) is 197 Å². The van der Waals surface area contributed by atoms with Gasteiger partial charge in [-0.1, -0.05) is 193 Å². The Morgan fingerprint density at radius 2 is 0.779 bits per heavy atom. The Kier molecular flexibility index (Phi) is 19.6. The van der Waals surface area contributed by atoms with Crippen LogP contribution in [0.25, 0.3) is 16.7 Å². The third-order valence-electron chi connectivity index (χ3n) is 16.8. The lowest BCUT2D eigenvalue weighted by molar-refractivity contribution is 0.596. The van der Waals surface area contributed by atoms with Crippen LogP contribution in [0.5, 0.6) is 0 Å². The zero-order valence-corrected chi connectivity index (χ0v) is 50.1. The maximum Gasteiger partial charge on any atom is 0.325 e. The molecule has 0 spiro atoms. The number of hydrogen-bond acceptors (Lipinski definition) is 6. The van der Waals surface area contributed by atoms with E-state index in [1.165, 1.54) is 27.8 Å². The number of aryl methyl sites for hydroxylation is 3. The van der Waals surface area contributed by atoms with E-state index in [9.17, 15) is 28.8 Å². The summed E-state index contributed by atoms with van der Waals surface area (Å²) in [5.41, 5.74) is 15.9. The highest BCUT2D eigenvalue weighted by Crippen LogP contribution is 2.41. The van der Waals surface area contributed by atoms with Crippen LogP contribution in [0.15, 0.2) is 199 Å². The summed E-state index contributed by atoms with van der Waals surface area (Å²) in [5.74, 6) is 0.371. The molecule has 0 amide bonds. The van der Waals surface area contributed by atoms with Crippen LogP contribution < -0.4 is 33.7 Å². The summed E-state index contributed by atoms with van der Waals surface area (Å²) in [6.45, 7) is 6.12. The van der Waals surface area contributed by atoms with E-state index in [0.717, 1.165) is 124 Å². The minimum Gasteiger partial charge on any atom is -0.311 e. The van der Waals surface area contributed by atoms with Gasteiger partial charge in [0.25, 0.3) is 16.7 Å². The third-order valence-corrected chi connectivity index (χ3v) is 17.6. The Morgan fingerprint density at radius 3 is 1.16 bits per heavy atom. The molecule has 0 bridgehead atoms. The number of halogens is 2. The molecular formula is C72H70Cl2N6O6. The van der Waals surface area contributed by atoms with Gasteiger partial charge in [0, 0.05) is 75.8 Å². The summed E-state index contributed by atoms with van der Waals surface area (Å²) in [5, 5.41) is 1.57. The number of rotatable bonds is 12. The lowest BCUT2D eigenvalue weighted by atomic mass is 9.82. The summed E-state index contributed by atoms with van der Waals surface area (Å²) in [6, 6.07) is 50.4. The molecule has 14 heteroatoms. The first kappa shape index (κ1) is 60.3. The van der Waals surface area contributed by atoms with Crippen molar-refractivity contribution < 1.29 is 0 Å². The van der Waals surface area contributed by atoms with Gasteiger partial charge >= 0.3 is 17.1 Å². The van der Waals surface area contributed by atoms with Gasteiger partial charge < -0.3 is 15.0 Å². The number of aromatic amines is 6. The predicted molar refractivity (Wildman–Crippen MR) is 348 cm³/mol. The highest BCUT2D eigenvalue weighted by atomic mass is 35.5. The second kappa shape index (κ2) is 27.9. The van der Waals surface area contributed by atoms with E-state index in [-0.39, 0.29) is 34.4 Å². The molecule has 3 aromatic heterocycles. The van der Waals surface area contributed by atoms with Crippen molar-refractivity contribution in [1.82, 2.24) is 29.9 Å². The molecule has 12 rings (SSSR count). The number of H-pyrrole nitrogens is 6. The van der Waals surface area contributed by atoms with Crippen molar-refractivity contribution in [2.75, 3.05) is 0 Å². The average molecular weight is 1190 g/mol. The molecule has 3 aliphatic carbocycles. The normalized spacial score (nSPS) is 16.5. The molecule has 12 nitrogen and oxygen atoms in total. The van der Waals surface area contributed by atoms with E-state index in [2.05, 4.69) is 97.5 Å². The van der Waals surface area contributed by atoms with E-state index < -0.39 is 17.1 Å². The minimum absolute atomic E-state index is 0.107. The van der Waals surface area contributed by atoms with Crippen molar-refractivity contribution in [1.29, 1.82) is 0 Å². The first-order valence-corrected chi connectivity index (χ1v) is 30.2. The van der Waals surface area contributed by atoms with Gasteiger partial charge in [0.2, 0.25) is 0 Å². The number of benzene rings is 6. The van der Waals surface area contributed by atoms with Gasteiger partial charge in [-0.05, 0) is 146 Å². The molecule has 86 heavy (non-hydrogen) atoms. The van der Waals surface area contributed by atoms with Gasteiger partial charge in [0.05, 0.1) is 5.02 Å². The maximum atomic E-state index is 12.6. The fourth-order valence-corrected chi connectivity index (χ4v) is 12.7. The molecule has 438 valence electrons. The number of allylic oxidation sites excluding steroid dienone is 6. The molecule has 3 unspecified atom stereocenters. The quantitative estimate of drug-likeness (QED) is 0.0704. The largest absolute Gasteiger partial charge is 0.325 e. The van der Waals surface area contributed by atoms with Crippen molar-refractivity contribution >= 4 is 39.9 Å². The lowest BCUT2D eigenvalue weighted by Crippen LogP contribution is -2.30. The Morgan fingerprint density at radius 1 is 0.395 bits per heavy atom. The molecule has 3 aliphatic rings. The van der Waals surface area contributed by atoms with Crippen LogP contribution in [0.3, 0.4) is 0 Å². The monoisotopic (exact) mass is 1180 g/mol. The molecular weight excluding hydrogens is 1120 g/mol. The van der Waals surface area contributed by atoms with Crippen LogP contribution in [0, 0.1) is 20.8 Å². The van der Waals surface area contributed by atoms with Crippen LogP contribution in [0.2, 0.25) is 10.0 Å². The molecule has 3 heterocycles. The van der Waals surface area contributed by atoms with E-state index in [1.54, 1.807) is 0 Å².